The van der Waals surface area contributed by atoms with Crippen LogP contribution in [-0.2, 0) is 45.9 Å². The molecule has 3 aliphatic heterocycles. The molecule has 11 nitrogen and oxygen atoms in total. The predicted molar refractivity (Wildman–Crippen MR) is 247 cm³/mol. The van der Waals surface area contributed by atoms with Crippen molar-refractivity contribution >= 4 is 78.6 Å². The summed E-state index contributed by atoms with van der Waals surface area (Å²) in [6.45, 7) is 25.5. The van der Waals surface area contributed by atoms with Crippen LogP contribution in [0.2, 0.25) is 36.3 Å². The number of rotatable bonds is 10. The van der Waals surface area contributed by atoms with Gasteiger partial charge >= 0.3 is 11.5 Å². The maximum absolute atomic E-state index is 12.4. The highest BCUT2D eigenvalue weighted by Gasteiger charge is 2.42. The van der Waals surface area contributed by atoms with Gasteiger partial charge in [0.15, 0.2) is 16.6 Å². The van der Waals surface area contributed by atoms with E-state index in [1.165, 1.54) is 17.7 Å². The second-order valence-corrected chi connectivity index (χ2v) is 27.2. The largest absolute Gasteiger partial charge is 0.449 e. The standard InChI is InChI=1S/C19H29NO4Si.C11H23NO2Si.C8H7ClO2.C4H8O.2H2S/c1-19(2,3)25(4,5)24-14-16-11-12-17(21)20(16)18(22)23-13-15-9-7-6-8-10-15;1-11(2,3)15(4,5)14-8-9-6-7-10(13)12-9;9-8(10)11-6-7-4-2-1-3-5-7;1-2-4-5-3-1;;/h6-10,16H,11-14H2,1-5H3;9H,6-8H2,1-5H3,(H,12,13);1-5H,6H2;1-4H2;2*1H2/t16-;9-;;;;/m00..../s1. The highest BCUT2D eigenvalue weighted by Crippen LogP contribution is 2.38. The van der Waals surface area contributed by atoms with Crippen molar-refractivity contribution in [2.45, 2.75) is 142 Å². The van der Waals surface area contributed by atoms with Crippen molar-refractivity contribution in [3.8, 4) is 0 Å². The Kier molecular flexibility index (Phi) is 25.7. The number of halogens is 1. The molecule has 0 spiro atoms. The number of carbonyl (C=O) groups excluding carboxylic acids is 4. The number of hydrogen-bond donors (Lipinski definition) is 1. The summed E-state index contributed by atoms with van der Waals surface area (Å²) >= 11 is 4.97. The van der Waals surface area contributed by atoms with Gasteiger partial charge in [-0.25, -0.2) is 14.5 Å². The lowest BCUT2D eigenvalue weighted by Gasteiger charge is -2.37. The number of nitrogens with zero attached hydrogens (tertiary/aromatic N) is 1. The van der Waals surface area contributed by atoms with E-state index in [-0.39, 0.29) is 74.2 Å². The Morgan fingerprint density at radius 1 is 0.741 bits per heavy atom. The third-order valence-electron chi connectivity index (χ3n) is 10.7. The van der Waals surface area contributed by atoms with Crippen molar-refractivity contribution in [3.05, 3.63) is 71.8 Å². The first-order chi connectivity index (χ1) is 26.1. The lowest BCUT2D eigenvalue weighted by Crippen LogP contribution is -2.47. The Bertz CT molecular complexity index is 1500. The van der Waals surface area contributed by atoms with Gasteiger partial charge in [-0.3, -0.25) is 9.59 Å². The summed E-state index contributed by atoms with van der Waals surface area (Å²) in [6.07, 6.45) is 4.56. The molecular weight excluding hydrogens is 832 g/mol. The van der Waals surface area contributed by atoms with Gasteiger partial charge in [0, 0.05) is 37.7 Å². The molecule has 0 aliphatic carbocycles. The molecule has 0 saturated carbocycles. The molecule has 2 aromatic carbocycles. The topological polar surface area (TPSA) is 130 Å². The number of ether oxygens (including phenoxy) is 3. The molecule has 2 aromatic rings. The number of nitrogens with one attached hydrogen (secondary N) is 1. The zero-order valence-electron chi connectivity index (χ0n) is 36.4. The van der Waals surface area contributed by atoms with Gasteiger partial charge in [-0.2, -0.15) is 27.0 Å². The van der Waals surface area contributed by atoms with Crippen LogP contribution in [-0.4, -0.2) is 83.4 Å². The normalized spacial score (nSPS) is 17.7. The van der Waals surface area contributed by atoms with Gasteiger partial charge in [-0.15, -0.1) is 0 Å². The molecule has 2 atom stereocenters. The van der Waals surface area contributed by atoms with E-state index >= 15 is 0 Å². The maximum Gasteiger partial charge on any atom is 0.417 e. The molecule has 3 fully saturated rings. The van der Waals surface area contributed by atoms with Crippen molar-refractivity contribution in [3.63, 3.8) is 0 Å². The number of amides is 3. The lowest BCUT2D eigenvalue weighted by atomic mass is 10.2. The van der Waals surface area contributed by atoms with Crippen LogP contribution >= 0.6 is 38.6 Å². The van der Waals surface area contributed by atoms with Gasteiger partial charge in [-0.05, 0) is 73.1 Å². The van der Waals surface area contributed by atoms with Gasteiger partial charge in [0.05, 0.1) is 25.3 Å². The molecule has 3 aliphatic rings. The molecule has 3 saturated heterocycles. The van der Waals surface area contributed by atoms with Crippen molar-refractivity contribution < 1.29 is 42.2 Å². The Labute approximate surface area is 369 Å². The summed E-state index contributed by atoms with van der Waals surface area (Å²) in [4.78, 5) is 47.0. The van der Waals surface area contributed by atoms with Gasteiger partial charge < -0.3 is 28.4 Å². The minimum absolute atomic E-state index is 0. The van der Waals surface area contributed by atoms with Gasteiger partial charge in [0.2, 0.25) is 11.8 Å². The van der Waals surface area contributed by atoms with E-state index in [4.69, 9.17) is 29.9 Å². The first kappa shape index (κ1) is 55.6. The molecule has 5 rings (SSSR count). The first-order valence-electron chi connectivity index (χ1n) is 19.7. The van der Waals surface area contributed by atoms with E-state index in [1.54, 1.807) is 0 Å². The number of likely N-dealkylation sites (tertiary alicyclic amines) is 1. The Hall–Kier alpha value is -2.38. The molecule has 16 heteroatoms. The summed E-state index contributed by atoms with van der Waals surface area (Å²) in [5.41, 5.74) is 1.06. The third-order valence-corrected chi connectivity index (χ3v) is 19.8. The third kappa shape index (κ3) is 20.7. The van der Waals surface area contributed by atoms with Gasteiger partial charge in [0.1, 0.15) is 13.2 Å². The monoisotopic (exact) mass is 902 g/mol. The molecule has 0 bridgehead atoms. The summed E-state index contributed by atoms with van der Waals surface area (Å²) in [7, 11) is -3.57. The highest BCUT2D eigenvalue weighted by atomic mass is 35.5. The van der Waals surface area contributed by atoms with Crippen LogP contribution in [0.3, 0.4) is 0 Å². The Morgan fingerprint density at radius 2 is 1.21 bits per heavy atom. The molecule has 58 heavy (non-hydrogen) atoms. The van der Waals surface area contributed by atoms with E-state index in [1.807, 2.05) is 60.7 Å². The predicted octanol–water partition coefficient (Wildman–Crippen LogP) is 10.2. The zero-order chi connectivity index (χ0) is 42.0. The van der Waals surface area contributed by atoms with Crippen LogP contribution < -0.4 is 5.32 Å². The van der Waals surface area contributed by atoms with Gasteiger partial charge in [-0.1, -0.05) is 102 Å². The molecule has 1 N–H and O–H groups in total. The summed E-state index contributed by atoms with van der Waals surface area (Å²) in [5.74, 6) is -0.0132. The van der Waals surface area contributed by atoms with Crippen molar-refractivity contribution in [2.24, 2.45) is 0 Å². The molecular formula is C42H71ClN2O9S2Si2. The van der Waals surface area contributed by atoms with Crippen LogP contribution in [0.15, 0.2) is 60.7 Å². The average Bonchev–Trinajstić information content (AvgIpc) is 3.93. The number of hydrogen-bond acceptors (Lipinski definition) is 9. The van der Waals surface area contributed by atoms with Crippen LogP contribution in [0.5, 0.6) is 0 Å². The number of imide groups is 1. The lowest BCUT2D eigenvalue weighted by molar-refractivity contribution is -0.127. The summed E-state index contributed by atoms with van der Waals surface area (Å²) in [5, 5.41) is 3.27. The van der Waals surface area contributed by atoms with Crippen LogP contribution in [0, 0.1) is 0 Å². The molecule has 3 amide bonds. The second-order valence-electron chi connectivity index (χ2n) is 17.3. The van der Waals surface area contributed by atoms with Crippen molar-refractivity contribution in [2.75, 3.05) is 26.4 Å². The minimum Gasteiger partial charge on any atom is -0.449 e. The highest BCUT2D eigenvalue weighted by molar-refractivity contribution is 7.59. The smallest absolute Gasteiger partial charge is 0.417 e. The van der Waals surface area contributed by atoms with E-state index < -0.39 is 28.2 Å². The zero-order valence-corrected chi connectivity index (χ0v) is 41.2. The fourth-order valence-corrected chi connectivity index (χ4v) is 7.16. The minimum atomic E-state index is -1.92. The SMILES string of the molecule is C1CCOC1.CC(C)(C)[Si](C)(C)OC[C@@H]1CCC(=O)N1.CC(C)(C)[Si](C)(C)OC[C@@H]1CCC(=O)N1C(=O)OCc1ccccc1.O=C(Cl)OCc1ccccc1.S.S. The van der Waals surface area contributed by atoms with E-state index in [2.05, 4.69) is 77.8 Å². The second kappa shape index (κ2) is 26.8. The molecule has 0 unspecified atom stereocenters. The first-order valence-corrected chi connectivity index (χ1v) is 25.9. The molecule has 3 heterocycles. The van der Waals surface area contributed by atoms with Gasteiger partial charge in [0.25, 0.3) is 0 Å². The van der Waals surface area contributed by atoms with Crippen LogP contribution in [0.4, 0.5) is 9.59 Å². The molecule has 0 aromatic heterocycles. The van der Waals surface area contributed by atoms with Crippen molar-refractivity contribution in [1.29, 1.82) is 0 Å². The Balaban J connectivity index is 0.000000835. The molecule has 330 valence electrons. The van der Waals surface area contributed by atoms with E-state index in [0.29, 0.717) is 32.5 Å². The van der Waals surface area contributed by atoms with Crippen LogP contribution in [0.1, 0.15) is 91.2 Å². The van der Waals surface area contributed by atoms with Crippen molar-refractivity contribution in [1.82, 2.24) is 10.2 Å². The fraction of sp³-hybridized carbons (Fsp3) is 0.619. The summed E-state index contributed by atoms with van der Waals surface area (Å²) < 4.78 is 27.1. The Morgan fingerprint density at radius 3 is 1.60 bits per heavy atom. The summed E-state index contributed by atoms with van der Waals surface area (Å²) in [6, 6.07) is 18.8. The fourth-order valence-electron chi connectivity index (χ4n) is 5.01. The molecule has 0 radical (unpaired) electrons. The maximum atomic E-state index is 12.4. The van der Waals surface area contributed by atoms with E-state index in [9.17, 15) is 19.2 Å². The van der Waals surface area contributed by atoms with Crippen LogP contribution in [0.25, 0.3) is 0 Å². The quantitative estimate of drug-likeness (QED) is 0.183. The number of carbonyl (C=O) groups is 4. The van der Waals surface area contributed by atoms with E-state index in [0.717, 1.165) is 30.8 Å². The average molecular weight is 904 g/mol. The number of benzene rings is 2.